The number of rotatable bonds is 5. The van der Waals surface area contributed by atoms with E-state index in [9.17, 15) is 0 Å². The molecule has 24 heavy (non-hydrogen) atoms. The van der Waals surface area contributed by atoms with Crippen LogP contribution < -0.4 is 0 Å². The molecular formula is C22H38ClN. The minimum absolute atomic E-state index is 0.815. The van der Waals surface area contributed by atoms with Gasteiger partial charge in [0.25, 0.3) is 0 Å². The fraction of sp³-hybridized carbons (Fsp3) is 0.636. The minimum atomic E-state index is 0.815. The third-order valence-corrected chi connectivity index (χ3v) is 4.51. The van der Waals surface area contributed by atoms with Gasteiger partial charge in [-0.2, -0.15) is 0 Å². The molecule has 0 atom stereocenters. The van der Waals surface area contributed by atoms with Crippen molar-refractivity contribution in [2.24, 2.45) is 0 Å². The number of halogens is 1. The van der Waals surface area contributed by atoms with E-state index in [0.29, 0.717) is 0 Å². The topological polar surface area (TPSA) is 3.24 Å². The molecule has 1 fully saturated rings. The summed E-state index contributed by atoms with van der Waals surface area (Å²) >= 11 is 5.95. The number of hydrogen-bond acceptors (Lipinski definition) is 1. The van der Waals surface area contributed by atoms with Crippen molar-refractivity contribution >= 4 is 17.2 Å². The number of piperidine rings is 1. The van der Waals surface area contributed by atoms with Gasteiger partial charge in [-0.25, -0.2) is 0 Å². The first-order valence-electron chi connectivity index (χ1n) is 9.81. The summed E-state index contributed by atoms with van der Waals surface area (Å²) in [4.78, 5) is 2.52. The monoisotopic (exact) mass is 351 g/mol. The lowest BCUT2D eigenvalue weighted by atomic mass is 9.96. The van der Waals surface area contributed by atoms with Crippen LogP contribution in [0.4, 0.5) is 0 Å². The van der Waals surface area contributed by atoms with Crippen molar-refractivity contribution in [2.45, 2.75) is 73.1 Å². The summed E-state index contributed by atoms with van der Waals surface area (Å²) in [6.07, 6.45) is 7.52. The maximum absolute atomic E-state index is 5.95. The van der Waals surface area contributed by atoms with Gasteiger partial charge in [0.1, 0.15) is 0 Å². The lowest BCUT2D eigenvalue weighted by Gasteiger charge is -2.24. The highest BCUT2D eigenvalue weighted by atomic mass is 35.5. The van der Waals surface area contributed by atoms with Crippen molar-refractivity contribution in [2.75, 3.05) is 19.6 Å². The molecule has 2 heteroatoms. The van der Waals surface area contributed by atoms with Crippen molar-refractivity contribution in [3.63, 3.8) is 0 Å². The molecule has 0 aliphatic carbocycles. The number of hydrogen-bond donors (Lipinski definition) is 0. The van der Waals surface area contributed by atoms with E-state index < -0.39 is 0 Å². The summed E-state index contributed by atoms with van der Waals surface area (Å²) in [5.74, 6) is 0. The van der Waals surface area contributed by atoms with Crippen LogP contribution in [-0.4, -0.2) is 24.5 Å². The first-order chi connectivity index (χ1) is 11.6. The molecule has 0 bridgehead atoms. The van der Waals surface area contributed by atoms with E-state index >= 15 is 0 Å². The predicted molar refractivity (Wildman–Crippen MR) is 112 cm³/mol. The molecule has 1 aliphatic heterocycles. The van der Waals surface area contributed by atoms with Gasteiger partial charge in [-0.05, 0) is 74.2 Å². The molecule has 138 valence electrons. The Balaban J connectivity index is 0.000000447. The third kappa shape index (κ3) is 8.89. The maximum atomic E-state index is 5.95. The molecule has 0 aromatic heterocycles. The summed E-state index contributed by atoms with van der Waals surface area (Å²) < 4.78 is 0. The van der Waals surface area contributed by atoms with Crippen molar-refractivity contribution in [1.29, 1.82) is 0 Å². The summed E-state index contributed by atoms with van der Waals surface area (Å²) in [5, 5.41) is 0.815. The molecule has 1 saturated heterocycles. The van der Waals surface area contributed by atoms with Crippen molar-refractivity contribution < 1.29 is 0 Å². The standard InChI is InChI=1S/C13H17Cl.C7H15N.C2H6/c1-4-6-10(3)13-8-7-12(14)9-11(13)5-2;1-2-8-6-4-3-5-7-8;1-2/h7-9H,3-6H2,1-2H3;2-7H2,1H3;1-2H3. The minimum Gasteiger partial charge on any atom is -0.304 e. The second kappa shape index (κ2) is 14.5. The van der Waals surface area contributed by atoms with Gasteiger partial charge in [0.2, 0.25) is 0 Å². The van der Waals surface area contributed by atoms with E-state index in [4.69, 9.17) is 11.6 Å². The lowest BCUT2D eigenvalue weighted by molar-refractivity contribution is 0.240. The molecule has 1 aromatic rings. The molecule has 1 heterocycles. The van der Waals surface area contributed by atoms with Crippen molar-refractivity contribution in [1.82, 2.24) is 4.90 Å². The highest BCUT2D eigenvalue weighted by Gasteiger charge is 2.06. The number of nitrogens with zero attached hydrogens (tertiary/aromatic N) is 1. The Morgan fingerprint density at radius 2 is 1.71 bits per heavy atom. The van der Waals surface area contributed by atoms with E-state index in [-0.39, 0.29) is 0 Å². The van der Waals surface area contributed by atoms with Gasteiger partial charge in [0.15, 0.2) is 0 Å². The number of aryl methyl sites for hydroxylation is 1. The molecule has 0 N–H and O–H groups in total. The molecule has 0 amide bonds. The summed E-state index contributed by atoms with van der Waals surface area (Å²) in [7, 11) is 0. The molecular weight excluding hydrogens is 314 g/mol. The van der Waals surface area contributed by atoms with E-state index in [1.165, 1.54) is 55.6 Å². The first-order valence-corrected chi connectivity index (χ1v) is 10.2. The SMILES string of the molecule is C=C(CCC)c1ccc(Cl)cc1CC.CC.CCN1CCCCC1. The van der Waals surface area contributed by atoms with Crippen LogP contribution >= 0.6 is 11.6 Å². The number of benzene rings is 1. The van der Waals surface area contributed by atoms with E-state index in [1.54, 1.807) is 0 Å². The molecule has 1 nitrogen and oxygen atoms in total. The Labute approximate surface area is 156 Å². The van der Waals surface area contributed by atoms with Crippen LogP contribution in [-0.2, 0) is 6.42 Å². The highest BCUT2D eigenvalue weighted by Crippen LogP contribution is 2.25. The number of allylic oxidation sites excluding steroid dienone is 1. The predicted octanol–water partition coefficient (Wildman–Crippen LogP) is 7.23. The smallest absolute Gasteiger partial charge is 0.0409 e. The Hall–Kier alpha value is -0.790. The zero-order valence-corrected chi connectivity index (χ0v) is 17.4. The zero-order valence-electron chi connectivity index (χ0n) is 16.6. The van der Waals surface area contributed by atoms with Crippen LogP contribution in [0.3, 0.4) is 0 Å². The zero-order chi connectivity index (χ0) is 18.4. The summed E-state index contributed by atoms with van der Waals surface area (Å²) in [6.45, 7) is 18.6. The van der Waals surface area contributed by atoms with Crippen LogP contribution in [0.2, 0.25) is 5.02 Å². The van der Waals surface area contributed by atoms with Crippen LogP contribution in [0.5, 0.6) is 0 Å². The Bertz CT molecular complexity index is 447. The van der Waals surface area contributed by atoms with Crippen LogP contribution in [0, 0.1) is 0 Å². The van der Waals surface area contributed by atoms with Gasteiger partial charge in [-0.15, -0.1) is 0 Å². The average molecular weight is 352 g/mol. The quantitative estimate of drug-likeness (QED) is 0.540. The molecule has 2 rings (SSSR count). The fourth-order valence-electron chi connectivity index (χ4n) is 2.91. The maximum Gasteiger partial charge on any atom is 0.0409 e. The normalized spacial score (nSPS) is 14.1. The van der Waals surface area contributed by atoms with Crippen molar-refractivity contribution in [3.8, 4) is 0 Å². The summed E-state index contributed by atoms with van der Waals surface area (Å²) in [5.41, 5.74) is 3.80. The second-order valence-corrected chi connectivity index (χ2v) is 6.44. The van der Waals surface area contributed by atoms with Gasteiger partial charge in [0, 0.05) is 5.02 Å². The fourth-order valence-corrected chi connectivity index (χ4v) is 3.11. The van der Waals surface area contributed by atoms with Gasteiger partial charge >= 0.3 is 0 Å². The van der Waals surface area contributed by atoms with Crippen LogP contribution in [0.1, 0.15) is 77.8 Å². The molecule has 1 aliphatic rings. The van der Waals surface area contributed by atoms with Gasteiger partial charge in [-0.1, -0.05) is 71.7 Å². The molecule has 0 spiro atoms. The molecule has 0 radical (unpaired) electrons. The number of likely N-dealkylation sites (tertiary alicyclic amines) is 1. The van der Waals surface area contributed by atoms with E-state index in [2.05, 4.69) is 38.3 Å². The first kappa shape index (κ1) is 23.2. The van der Waals surface area contributed by atoms with Gasteiger partial charge < -0.3 is 4.90 Å². The van der Waals surface area contributed by atoms with Crippen LogP contribution in [0.25, 0.3) is 5.57 Å². The van der Waals surface area contributed by atoms with Gasteiger partial charge in [0.05, 0.1) is 0 Å². The van der Waals surface area contributed by atoms with Crippen LogP contribution in [0.15, 0.2) is 24.8 Å². The largest absolute Gasteiger partial charge is 0.304 e. The summed E-state index contributed by atoms with van der Waals surface area (Å²) in [6, 6.07) is 6.06. The Morgan fingerprint density at radius 3 is 2.17 bits per heavy atom. The molecule has 0 saturated carbocycles. The third-order valence-electron chi connectivity index (χ3n) is 4.28. The van der Waals surface area contributed by atoms with E-state index in [0.717, 1.165) is 24.3 Å². The molecule has 0 unspecified atom stereocenters. The highest BCUT2D eigenvalue weighted by molar-refractivity contribution is 6.30. The molecule has 1 aromatic carbocycles. The average Bonchev–Trinajstić information content (AvgIpc) is 2.64. The second-order valence-electron chi connectivity index (χ2n) is 6.00. The Morgan fingerprint density at radius 1 is 1.08 bits per heavy atom. The van der Waals surface area contributed by atoms with E-state index in [1.807, 2.05) is 26.0 Å². The Kier molecular flexibility index (Phi) is 14.1. The van der Waals surface area contributed by atoms with Gasteiger partial charge in [-0.3, -0.25) is 0 Å². The van der Waals surface area contributed by atoms with Crippen molar-refractivity contribution in [3.05, 3.63) is 40.9 Å². The lowest BCUT2D eigenvalue weighted by Crippen LogP contribution is -2.29.